The van der Waals surface area contributed by atoms with Crippen LogP contribution in [0.1, 0.15) is 36.9 Å². The van der Waals surface area contributed by atoms with Crippen LogP contribution in [0.4, 0.5) is 23.8 Å². The number of carboxylic acids is 1. The highest BCUT2D eigenvalue weighted by Gasteiger charge is 2.38. The number of nitrogens with zero attached hydrogens (tertiary/aromatic N) is 5. The topological polar surface area (TPSA) is 89.9 Å². The van der Waals surface area contributed by atoms with E-state index in [-0.39, 0.29) is 6.03 Å². The zero-order valence-corrected chi connectivity index (χ0v) is 16.7. The molecular formula is C19H26F3N5O3. The lowest BCUT2D eigenvalue weighted by Crippen LogP contribution is -2.43. The quantitative estimate of drug-likeness (QED) is 0.737. The number of fused-ring (bicyclic) bond motifs is 1. The molecule has 30 heavy (non-hydrogen) atoms. The Morgan fingerprint density at radius 2 is 1.40 bits per heavy atom. The first-order valence-corrected chi connectivity index (χ1v) is 10.2. The SMILES string of the molecule is O=C(N1CCCC1)N1CCc2ncnc(N3CCCC3)c2CC1.O=C(O)C(F)(F)F. The van der Waals surface area contributed by atoms with Gasteiger partial charge in [-0.05, 0) is 32.1 Å². The average molecular weight is 429 g/mol. The molecule has 0 bridgehead atoms. The summed E-state index contributed by atoms with van der Waals surface area (Å²) in [6.45, 7) is 5.59. The number of halogens is 3. The van der Waals surface area contributed by atoms with Crippen LogP contribution in [0.2, 0.25) is 0 Å². The van der Waals surface area contributed by atoms with E-state index in [2.05, 4.69) is 14.9 Å². The van der Waals surface area contributed by atoms with E-state index in [1.807, 2.05) is 9.80 Å². The molecule has 4 heterocycles. The van der Waals surface area contributed by atoms with Gasteiger partial charge in [0.1, 0.15) is 12.1 Å². The number of carboxylic acid groups (broad SMARTS) is 1. The second kappa shape index (κ2) is 9.48. The van der Waals surface area contributed by atoms with E-state index < -0.39 is 12.1 Å². The van der Waals surface area contributed by atoms with E-state index in [4.69, 9.17) is 9.90 Å². The number of carbonyl (C=O) groups is 2. The maximum Gasteiger partial charge on any atom is 0.490 e. The van der Waals surface area contributed by atoms with Gasteiger partial charge in [-0.2, -0.15) is 13.2 Å². The van der Waals surface area contributed by atoms with E-state index in [0.29, 0.717) is 0 Å². The predicted octanol–water partition coefficient (Wildman–Crippen LogP) is 2.33. The molecule has 0 radical (unpaired) electrons. The van der Waals surface area contributed by atoms with Crippen LogP contribution in [0.3, 0.4) is 0 Å². The van der Waals surface area contributed by atoms with Crippen molar-refractivity contribution in [2.45, 2.75) is 44.7 Å². The molecule has 1 N–H and O–H groups in total. The molecule has 3 aliphatic rings. The molecule has 1 aromatic rings. The minimum atomic E-state index is -5.08. The number of anilines is 1. The highest BCUT2D eigenvalue weighted by atomic mass is 19.4. The molecule has 166 valence electrons. The maximum absolute atomic E-state index is 12.7. The lowest BCUT2D eigenvalue weighted by molar-refractivity contribution is -0.192. The van der Waals surface area contributed by atoms with Gasteiger partial charge in [0.15, 0.2) is 0 Å². The molecule has 11 heteroatoms. The van der Waals surface area contributed by atoms with Crippen molar-refractivity contribution >= 4 is 17.8 Å². The number of rotatable bonds is 1. The molecule has 3 aliphatic heterocycles. The zero-order valence-electron chi connectivity index (χ0n) is 16.7. The lowest BCUT2D eigenvalue weighted by Gasteiger charge is -2.26. The molecule has 2 amide bonds. The summed E-state index contributed by atoms with van der Waals surface area (Å²) in [4.78, 5) is 37.0. The summed E-state index contributed by atoms with van der Waals surface area (Å²) in [7, 11) is 0. The molecule has 0 unspecified atom stereocenters. The standard InChI is InChI=1S/C17H25N5O.C2HF3O2/c23-17(21-9-3-4-10-21)22-11-5-14-15(6-12-22)18-13-19-16(14)20-7-1-2-8-20;3-2(4,5)1(6)7/h13H,1-12H2;(H,6,7). The predicted molar refractivity (Wildman–Crippen MR) is 102 cm³/mol. The summed E-state index contributed by atoms with van der Waals surface area (Å²) in [5.41, 5.74) is 2.41. The van der Waals surface area contributed by atoms with Gasteiger partial charge in [0.05, 0.1) is 5.69 Å². The number of alkyl halides is 3. The van der Waals surface area contributed by atoms with E-state index in [1.54, 1.807) is 6.33 Å². The molecule has 0 atom stereocenters. The number of hydrogen-bond donors (Lipinski definition) is 1. The molecule has 8 nitrogen and oxygen atoms in total. The number of aromatic nitrogens is 2. The minimum absolute atomic E-state index is 0.214. The largest absolute Gasteiger partial charge is 0.490 e. The fourth-order valence-electron chi connectivity index (χ4n) is 4.01. The highest BCUT2D eigenvalue weighted by Crippen LogP contribution is 2.27. The summed E-state index contributed by atoms with van der Waals surface area (Å²) in [5, 5.41) is 7.12. The van der Waals surface area contributed by atoms with Crippen LogP contribution in [0.5, 0.6) is 0 Å². The van der Waals surface area contributed by atoms with Crippen molar-refractivity contribution in [1.29, 1.82) is 0 Å². The molecule has 2 fully saturated rings. The lowest BCUT2D eigenvalue weighted by atomic mass is 10.1. The van der Waals surface area contributed by atoms with Gasteiger partial charge in [-0.3, -0.25) is 0 Å². The molecule has 0 spiro atoms. The van der Waals surface area contributed by atoms with Crippen molar-refractivity contribution in [3.8, 4) is 0 Å². The highest BCUT2D eigenvalue weighted by molar-refractivity contribution is 5.75. The summed E-state index contributed by atoms with van der Waals surface area (Å²) < 4.78 is 31.7. The minimum Gasteiger partial charge on any atom is -0.475 e. The maximum atomic E-state index is 12.7. The van der Waals surface area contributed by atoms with Crippen molar-refractivity contribution in [2.75, 3.05) is 44.2 Å². The Balaban J connectivity index is 0.000000318. The fourth-order valence-corrected chi connectivity index (χ4v) is 4.01. The first-order chi connectivity index (χ1) is 14.3. The van der Waals surface area contributed by atoms with Crippen molar-refractivity contribution in [3.05, 3.63) is 17.6 Å². The number of carbonyl (C=O) groups excluding carboxylic acids is 1. The Hall–Kier alpha value is -2.59. The second-order valence-electron chi connectivity index (χ2n) is 7.58. The molecule has 0 aromatic carbocycles. The Morgan fingerprint density at radius 3 is 2.00 bits per heavy atom. The molecular weight excluding hydrogens is 403 g/mol. The fraction of sp³-hybridized carbons (Fsp3) is 0.684. The van der Waals surface area contributed by atoms with Gasteiger partial charge in [0.2, 0.25) is 0 Å². The van der Waals surface area contributed by atoms with Gasteiger partial charge in [-0.25, -0.2) is 19.6 Å². The first-order valence-electron chi connectivity index (χ1n) is 10.2. The van der Waals surface area contributed by atoms with Gasteiger partial charge in [0, 0.05) is 51.3 Å². The number of aliphatic carboxylic acids is 1. The Bertz CT molecular complexity index is 762. The normalized spacial score (nSPS) is 19.1. The third kappa shape index (κ3) is 5.31. The third-order valence-corrected chi connectivity index (χ3v) is 5.56. The van der Waals surface area contributed by atoms with Crippen LogP contribution in [-0.2, 0) is 17.6 Å². The van der Waals surface area contributed by atoms with E-state index in [1.165, 1.54) is 18.4 Å². The number of hydrogen-bond acceptors (Lipinski definition) is 5. The Kier molecular flexibility index (Phi) is 6.99. The smallest absolute Gasteiger partial charge is 0.475 e. The number of amides is 2. The van der Waals surface area contributed by atoms with Gasteiger partial charge in [-0.15, -0.1) is 0 Å². The summed E-state index contributed by atoms with van der Waals surface area (Å²) in [6, 6.07) is 0.214. The van der Waals surface area contributed by atoms with Crippen LogP contribution in [-0.4, -0.2) is 82.3 Å². The number of likely N-dealkylation sites (tertiary alicyclic amines) is 1. The molecule has 0 saturated carbocycles. The van der Waals surface area contributed by atoms with Crippen LogP contribution in [0, 0.1) is 0 Å². The summed E-state index contributed by atoms with van der Waals surface area (Å²) in [6.07, 6.45) is 3.12. The van der Waals surface area contributed by atoms with Crippen LogP contribution >= 0.6 is 0 Å². The molecule has 1 aromatic heterocycles. The Labute approximate surface area is 172 Å². The van der Waals surface area contributed by atoms with Crippen LogP contribution in [0.15, 0.2) is 6.33 Å². The molecule has 2 saturated heterocycles. The van der Waals surface area contributed by atoms with Gasteiger partial charge >= 0.3 is 18.2 Å². The van der Waals surface area contributed by atoms with Gasteiger partial charge in [0.25, 0.3) is 0 Å². The second-order valence-corrected chi connectivity index (χ2v) is 7.58. The van der Waals surface area contributed by atoms with E-state index >= 15 is 0 Å². The van der Waals surface area contributed by atoms with Gasteiger partial charge in [-0.1, -0.05) is 0 Å². The number of urea groups is 1. The van der Waals surface area contributed by atoms with Crippen molar-refractivity contribution in [1.82, 2.24) is 19.8 Å². The Morgan fingerprint density at radius 1 is 0.867 bits per heavy atom. The van der Waals surface area contributed by atoms with E-state index in [0.717, 1.165) is 76.5 Å². The van der Waals surface area contributed by atoms with Crippen molar-refractivity contribution in [3.63, 3.8) is 0 Å². The third-order valence-electron chi connectivity index (χ3n) is 5.56. The van der Waals surface area contributed by atoms with Crippen molar-refractivity contribution < 1.29 is 27.9 Å². The average Bonchev–Trinajstić information content (AvgIpc) is 3.38. The van der Waals surface area contributed by atoms with E-state index in [9.17, 15) is 18.0 Å². The first kappa shape index (κ1) is 22.1. The summed E-state index contributed by atoms with van der Waals surface area (Å²) in [5.74, 6) is -1.64. The summed E-state index contributed by atoms with van der Waals surface area (Å²) >= 11 is 0. The van der Waals surface area contributed by atoms with Crippen LogP contribution < -0.4 is 4.90 Å². The van der Waals surface area contributed by atoms with Gasteiger partial charge < -0.3 is 19.8 Å². The zero-order chi connectivity index (χ0) is 21.7. The molecule has 4 rings (SSSR count). The molecule has 0 aliphatic carbocycles. The van der Waals surface area contributed by atoms with Crippen LogP contribution in [0.25, 0.3) is 0 Å². The monoisotopic (exact) mass is 429 g/mol. The van der Waals surface area contributed by atoms with Crippen molar-refractivity contribution in [2.24, 2.45) is 0 Å².